The van der Waals surface area contributed by atoms with Gasteiger partial charge in [-0.15, -0.1) is 0 Å². The number of furan rings is 1. The van der Waals surface area contributed by atoms with Crippen molar-refractivity contribution in [3.05, 3.63) is 24.2 Å². The van der Waals surface area contributed by atoms with Gasteiger partial charge in [-0.05, 0) is 6.07 Å². The first-order valence-electron chi connectivity index (χ1n) is 5.98. The highest BCUT2D eigenvalue weighted by atomic mass is 16.4. The molecular formula is C12H16N2O6. The van der Waals surface area contributed by atoms with Crippen LogP contribution in [-0.4, -0.2) is 47.2 Å². The normalized spacial score (nSPS) is 11.7. The summed E-state index contributed by atoms with van der Waals surface area (Å²) >= 11 is 0. The SMILES string of the molecule is O=C(CCNC(=O)c1ccoc1)N[C@@H](CCO)C(=O)O. The van der Waals surface area contributed by atoms with Gasteiger partial charge in [0.15, 0.2) is 0 Å². The van der Waals surface area contributed by atoms with Crippen LogP contribution in [0.25, 0.3) is 0 Å². The zero-order valence-corrected chi connectivity index (χ0v) is 10.7. The highest BCUT2D eigenvalue weighted by Crippen LogP contribution is 1.99. The second kappa shape index (κ2) is 7.95. The van der Waals surface area contributed by atoms with Gasteiger partial charge in [0, 0.05) is 26.0 Å². The molecule has 1 heterocycles. The quantitative estimate of drug-likeness (QED) is 0.502. The number of carboxylic acid groups (broad SMARTS) is 1. The van der Waals surface area contributed by atoms with Crippen LogP contribution in [0.3, 0.4) is 0 Å². The van der Waals surface area contributed by atoms with Crippen molar-refractivity contribution in [3.63, 3.8) is 0 Å². The van der Waals surface area contributed by atoms with Gasteiger partial charge in [-0.3, -0.25) is 9.59 Å². The molecule has 0 aliphatic heterocycles. The molecule has 1 rings (SSSR count). The van der Waals surface area contributed by atoms with Crippen molar-refractivity contribution in [2.24, 2.45) is 0 Å². The Balaban J connectivity index is 2.29. The van der Waals surface area contributed by atoms with Crippen LogP contribution >= 0.6 is 0 Å². The highest BCUT2D eigenvalue weighted by Gasteiger charge is 2.19. The number of carboxylic acids is 1. The van der Waals surface area contributed by atoms with E-state index in [1.54, 1.807) is 0 Å². The van der Waals surface area contributed by atoms with Crippen LogP contribution in [0, 0.1) is 0 Å². The number of hydrogen-bond acceptors (Lipinski definition) is 5. The van der Waals surface area contributed by atoms with Crippen molar-refractivity contribution in [1.29, 1.82) is 0 Å². The smallest absolute Gasteiger partial charge is 0.326 e. The Kier molecular flexibility index (Phi) is 6.24. The highest BCUT2D eigenvalue weighted by molar-refractivity contribution is 5.94. The Bertz CT molecular complexity index is 457. The summed E-state index contributed by atoms with van der Waals surface area (Å²) in [5.74, 6) is -2.11. The van der Waals surface area contributed by atoms with Crippen molar-refractivity contribution >= 4 is 17.8 Å². The van der Waals surface area contributed by atoms with Crippen LogP contribution in [0.1, 0.15) is 23.2 Å². The number of amides is 2. The van der Waals surface area contributed by atoms with Crippen molar-refractivity contribution in [2.75, 3.05) is 13.2 Å². The lowest BCUT2D eigenvalue weighted by Gasteiger charge is -2.13. The summed E-state index contributed by atoms with van der Waals surface area (Å²) in [4.78, 5) is 33.7. The number of carbonyl (C=O) groups is 3. The number of nitrogens with one attached hydrogen (secondary N) is 2. The largest absolute Gasteiger partial charge is 0.480 e. The van der Waals surface area contributed by atoms with E-state index < -0.39 is 17.9 Å². The van der Waals surface area contributed by atoms with E-state index in [0.29, 0.717) is 5.56 Å². The maximum absolute atomic E-state index is 11.5. The van der Waals surface area contributed by atoms with Gasteiger partial charge < -0.3 is 25.3 Å². The molecule has 8 heteroatoms. The summed E-state index contributed by atoms with van der Waals surface area (Å²) in [6.07, 6.45) is 2.51. The van der Waals surface area contributed by atoms with Crippen molar-refractivity contribution in [1.82, 2.24) is 10.6 Å². The van der Waals surface area contributed by atoms with Gasteiger partial charge in [-0.1, -0.05) is 0 Å². The third kappa shape index (κ3) is 5.11. The standard InChI is InChI=1S/C12H16N2O6/c15-5-2-9(12(18)19)14-10(16)1-4-13-11(17)8-3-6-20-7-8/h3,6-7,9,15H,1-2,4-5H2,(H,13,17)(H,14,16)(H,18,19)/t9-/m0/s1. The van der Waals surface area contributed by atoms with E-state index in [9.17, 15) is 14.4 Å². The van der Waals surface area contributed by atoms with Crippen LogP contribution in [0.2, 0.25) is 0 Å². The molecule has 0 bridgehead atoms. The molecule has 0 radical (unpaired) electrons. The molecule has 0 fully saturated rings. The van der Waals surface area contributed by atoms with Gasteiger partial charge in [-0.2, -0.15) is 0 Å². The predicted molar refractivity (Wildman–Crippen MR) is 66.9 cm³/mol. The molecule has 2 amide bonds. The first kappa shape index (κ1) is 15.7. The van der Waals surface area contributed by atoms with Gasteiger partial charge in [0.2, 0.25) is 5.91 Å². The number of rotatable bonds is 8. The van der Waals surface area contributed by atoms with Crippen LogP contribution in [0.5, 0.6) is 0 Å². The van der Waals surface area contributed by atoms with E-state index in [2.05, 4.69) is 10.6 Å². The third-order valence-electron chi connectivity index (χ3n) is 2.47. The Hall–Kier alpha value is -2.35. The van der Waals surface area contributed by atoms with E-state index in [-0.39, 0.29) is 31.9 Å². The molecule has 4 N–H and O–H groups in total. The number of aliphatic hydroxyl groups is 1. The summed E-state index contributed by atoms with van der Waals surface area (Å²) in [5.41, 5.74) is 0.342. The molecule has 0 aliphatic rings. The molecule has 20 heavy (non-hydrogen) atoms. The van der Waals surface area contributed by atoms with Crippen molar-refractivity contribution in [2.45, 2.75) is 18.9 Å². The molecule has 1 aromatic rings. The summed E-state index contributed by atoms with van der Waals surface area (Å²) in [5, 5.41) is 22.2. The van der Waals surface area contributed by atoms with Gasteiger partial charge >= 0.3 is 5.97 Å². The fraction of sp³-hybridized carbons (Fsp3) is 0.417. The second-order valence-electron chi connectivity index (χ2n) is 3.99. The molecule has 0 saturated heterocycles. The summed E-state index contributed by atoms with van der Waals surface area (Å²) < 4.78 is 4.74. The predicted octanol–water partition coefficient (Wildman–Crippen LogP) is -0.649. The first-order valence-corrected chi connectivity index (χ1v) is 5.98. The maximum atomic E-state index is 11.5. The van der Waals surface area contributed by atoms with Crippen LogP contribution in [-0.2, 0) is 9.59 Å². The Morgan fingerprint density at radius 3 is 2.65 bits per heavy atom. The van der Waals surface area contributed by atoms with E-state index in [1.165, 1.54) is 18.6 Å². The fourth-order valence-electron chi connectivity index (χ4n) is 1.44. The Labute approximate surface area is 114 Å². The average molecular weight is 284 g/mol. The molecular weight excluding hydrogens is 268 g/mol. The Morgan fingerprint density at radius 1 is 1.35 bits per heavy atom. The van der Waals surface area contributed by atoms with Crippen LogP contribution in [0.15, 0.2) is 23.0 Å². The molecule has 0 aliphatic carbocycles. The Morgan fingerprint density at radius 2 is 2.10 bits per heavy atom. The van der Waals surface area contributed by atoms with Crippen LogP contribution < -0.4 is 10.6 Å². The lowest BCUT2D eigenvalue weighted by molar-refractivity contribution is -0.142. The zero-order valence-electron chi connectivity index (χ0n) is 10.7. The van der Waals surface area contributed by atoms with Crippen molar-refractivity contribution in [3.8, 4) is 0 Å². The summed E-state index contributed by atoms with van der Waals surface area (Å²) in [7, 11) is 0. The monoisotopic (exact) mass is 284 g/mol. The third-order valence-corrected chi connectivity index (χ3v) is 2.47. The summed E-state index contributed by atoms with van der Waals surface area (Å²) in [6, 6.07) is 0.356. The number of aliphatic carboxylic acids is 1. The number of aliphatic hydroxyl groups excluding tert-OH is 1. The average Bonchev–Trinajstić information content (AvgIpc) is 2.91. The minimum Gasteiger partial charge on any atom is -0.480 e. The van der Waals surface area contributed by atoms with Gasteiger partial charge in [-0.25, -0.2) is 4.79 Å². The molecule has 110 valence electrons. The lowest BCUT2D eigenvalue weighted by atomic mass is 10.2. The number of hydrogen-bond donors (Lipinski definition) is 4. The molecule has 0 aromatic carbocycles. The minimum atomic E-state index is -1.21. The van der Waals surface area contributed by atoms with Crippen molar-refractivity contribution < 1.29 is 29.0 Å². The molecule has 1 atom stereocenters. The maximum Gasteiger partial charge on any atom is 0.326 e. The summed E-state index contributed by atoms with van der Waals surface area (Å²) in [6.45, 7) is -0.268. The second-order valence-corrected chi connectivity index (χ2v) is 3.99. The van der Waals surface area contributed by atoms with Gasteiger partial charge in [0.05, 0.1) is 11.8 Å². The minimum absolute atomic E-state index is 0.0567. The first-order chi connectivity index (χ1) is 9.54. The molecule has 0 spiro atoms. The van der Waals surface area contributed by atoms with Gasteiger partial charge in [0.25, 0.3) is 5.91 Å². The topological polar surface area (TPSA) is 129 Å². The van der Waals surface area contributed by atoms with Gasteiger partial charge in [0.1, 0.15) is 12.3 Å². The van der Waals surface area contributed by atoms with Crippen LogP contribution in [0.4, 0.5) is 0 Å². The fourth-order valence-corrected chi connectivity index (χ4v) is 1.44. The molecule has 8 nitrogen and oxygen atoms in total. The van der Waals surface area contributed by atoms with E-state index in [1.807, 2.05) is 0 Å². The lowest BCUT2D eigenvalue weighted by Crippen LogP contribution is -2.42. The number of carbonyl (C=O) groups excluding carboxylic acids is 2. The zero-order chi connectivity index (χ0) is 15.0. The molecule has 0 saturated carbocycles. The van der Waals surface area contributed by atoms with E-state index in [0.717, 1.165) is 0 Å². The molecule has 1 aromatic heterocycles. The van der Waals surface area contributed by atoms with E-state index >= 15 is 0 Å². The van der Waals surface area contributed by atoms with E-state index in [4.69, 9.17) is 14.6 Å². The molecule has 0 unspecified atom stereocenters.